The fourth-order valence-electron chi connectivity index (χ4n) is 2.83. The van der Waals surface area contributed by atoms with Gasteiger partial charge in [0.25, 0.3) is 0 Å². The molecule has 2 nitrogen and oxygen atoms in total. The summed E-state index contributed by atoms with van der Waals surface area (Å²) in [5.41, 5.74) is 3.56. The lowest BCUT2D eigenvalue weighted by atomic mass is 9.86. The van der Waals surface area contributed by atoms with Crippen LogP contribution in [0, 0.1) is 5.41 Å². The average Bonchev–Trinajstić information content (AvgIpc) is 2.77. The number of rotatable bonds is 5. The van der Waals surface area contributed by atoms with Crippen LogP contribution in [-0.2, 0) is 13.1 Å². The van der Waals surface area contributed by atoms with Crippen LogP contribution in [0.5, 0.6) is 0 Å². The molecule has 0 amide bonds. The molecule has 0 spiro atoms. The SMILES string of the molecule is CCC(C)(CNC(C)(C)C)CN1Cc2ccccc2C1. The van der Waals surface area contributed by atoms with Crippen molar-refractivity contribution in [2.75, 3.05) is 13.1 Å². The molecule has 20 heavy (non-hydrogen) atoms. The van der Waals surface area contributed by atoms with Gasteiger partial charge in [0.15, 0.2) is 0 Å². The van der Waals surface area contributed by atoms with E-state index in [2.05, 4.69) is 69.1 Å². The Balaban J connectivity index is 1.94. The second kappa shape index (κ2) is 5.87. The zero-order valence-electron chi connectivity index (χ0n) is 13.8. The van der Waals surface area contributed by atoms with Crippen LogP contribution in [-0.4, -0.2) is 23.5 Å². The summed E-state index contributed by atoms with van der Waals surface area (Å²) in [6, 6.07) is 8.85. The maximum absolute atomic E-state index is 3.68. The van der Waals surface area contributed by atoms with Crippen molar-refractivity contribution in [2.45, 2.75) is 59.7 Å². The van der Waals surface area contributed by atoms with E-state index < -0.39 is 0 Å². The van der Waals surface area contributed by atoms with E-state index in [9.17, 15) is 0 Å². The molecule has 0 saturated carbocycles. The van der Waals surface area contributed by atoms with Gasteiger partial charge in [-0.25, -0.2) is 0 Å². The first kappa shape index (κ1) is 15.5. The normalized spacial score (nSPS) is 18.9. The Kier molecular flexibility index (Phi) is 4.55. The highest BCUT2D eigenvalue weighted by molar-refractivity contribution is 5.30. The molecule has 0 radical (unpaired) electrons. The molecule has 0 bridgehead atoms. The Bertz CT molecular complexity index is 422. The van der Waals surface area contributed by atoms with E-state index in [0.717, 1.165) is 19.6 Å². The fourth-order valence-corrected chi connectivity index (χ4v) is 2.83. The number of nitrogens with one attached hydrogen (secondary N) is 1. The van der Waals surface area contributed by atoms with E-state index in [1.807, 2.05) is 0 Å². The van der Waals surface area contributed by atoms with Crippen LogP contribution in [0.4, 0.5) is 0 Å². The van der Waals surface area contributed by atoms with Crippen LogP contribution >= 0.6 is 0 Å². The second-order valence-electron chi connectivity index (χ2n) is 7.68. The van der Waals surface area contributed by atoms with Gasteiger partial charge in [-0.3, -0.25) is 4.90 Å². The smallest absolute Gasteiger partial charge is 0.0240 e. The summed E-state index contributed by atoms with van der Waals surface area (Å²) in [6.45, 7) is 15.9. The van der Waals surface area contributed by atoms with Gasteiger partial charge in [0, 0.05) is 31.7 Å². The molecule has 0 aromatic heterocycles. The van der Waals surface area contributed by atoms with Crippen molar-refractivity contribution in [3.05, 3.63) is 35.4 Å². The molecule has 1 heterocycles. The number of hydrogen-bond acceptors (Lipinski definition) is 2. The van der Waals surface area contributed by atoms with Gasteiger partial charge in [0.2, 0.25) is 0 Å². The Hall–Kier alpha value is -0.860. The molecule has 2 rings (SSSR count). The number of fused-ring (bicyclic) bond motifs is 1. The summed E-state index contributed by atoms with van der Waals surface area (Å²) in [6.07, 6.45) is 1.21. The molecule has 2 heteroatoms. The molecule has 1 aliphatic rings. The minimum Gasteiger partial charge on any atom is -0.311 e. The molecule has 1 aromatic rings. The van der Waals surface area contributed by atoms with Crippen LogP contribution in [0.1, 0.15) is 52.2 Å². The van der Waals surface area contributed by atoms with E-state index in [1.54, 1.807) is 0 Å². The standard InChI is InChI=1S/C18H30N2/c1-6-18(5,13-19-17(2,3)4)14-20-11-15-9-7-8-10-16(15)12-20/h7-10,19H,6,11-14H2,1-5H3. The van der Waals surface area contributed by atoms with E-state index in [0.29, 0.717) is 5.41 Å². The zero-order valence-corrected chi connectivity index (χ0v) is 13.8. The first-order valence-electron chi connectivity index (χ1n) is 7.85. The number of hydrogen-bond donors (Lipinski definition) is 1. The lowest BCUT2D eigenvalue weighted by molar-refractivity contribution is 0.146. The van der Waals surface area contributed by atoms with Crippen molar-refractivity contribution < 1.29 is 0 Å². The Morgan fingerprint density at radius 1 is 1.05 bits per heavy atom. The van der Waals surface area contributed by atoms with Crippen molar-refractivity contribution in [3.8, 4) is 0 Å². The van der Waals surface area contributed by atoms with E-state index in [1.165, 1.54) is 24.1 Å². The molecule has 1 aromatic carbocycles. The van der Waals surface area contributed by atoms with Gasteiger partial charge in [-0.1, -0.05) is 38.1 Å². The highest BCUT2D eigenvalue weighted by atomic mass is 15.2. The van der Waals surface area contributed by atoms with Gasteiger partial charge >= 0.3 is 0 Å². The van der Waals surface area contributed by atoms with Crippen LogP contribution in [0.2, 0.25) is 0 Å². The van der Waals surface area contributed by atoms with Gasteiger partial charge in [-0.05, 0) is 43.7 Å². The van der Waals surface area contributed by atoms with E-state index in [4.69, 9.17) is 0 Å². The minimum absolute atomic E-state index is 0.199. The second-order valence-corrected chi connectivity index (χ2v) is 7.68. The first-order chi connectivity index (χ1) is 9.31. The third kappa shape index (κ3) is 4.07. The van der Waals surface area contributed by atoms with E-state index in [-0.39, 0.29) is 5.54 Å². The van der Waals surface area contributed by atoms with Gasteiger partial charge in [-0.15, -0.1) is 0 Å². The van der Waals surface area contributed by atoms with Crippen LogP contribution < -0.4 is 5.32 Å². The molecule has 0 saturated heterocycles. The van der Waals surface area contributed by atoms with Gasteiger partial charge in [0.05, 0.1) is 0 Å². The van der Waals surface area contributed by atoms with Crippen LogP contribution in [0.15, 0.2) is 24.3 Å². The third-order valence-corrected chi connectivity index (χ3v) is 4.41. The van der Waals surface area contributed by atoms with Crippen LogP contribution in [0.25, 0.3) is 0 Å². The van der Waals surface area contributed by atoms with Gasteiger partial charge < -0.3 is 5.32 Å². The molecule has 1 atom stereocenters. The topological polar surface area (TPSA) is 15.3 Å². The first-order valence-corrected chi connectivity index (χ1v) is 7.85. The maximum atomic E-state index is 3.68. The zero-order chi connectivity index (χ0) is 14.8. The van der Waals surface area contributed by atoms with Crippen LogP contribution in [0.3, 0.4) is 0 Å². The van der Waals surface area contributed by atoms with Gasteiger partial charge in [0.1, 0.15) is 0 Å². The molecule has 1 aliphatic heterocycles. The average molecular weight is 274 g/mol. The predicted molar refractivity (Wildman–Crippen MR) is 86.7 cm³/mol. The number of nitrogens with zero attached hydrogens (tertiary/aromatic N) is 1. The van der Waals surface area contributed by atoms with Crippen molar-refractivity contribution in [3.63, 3.8) is 0 Å². The summed E-state index contributed by atoms with van der Waals surface area (Å²) >= 11 is 0. The molecule has 112 valence electrons. The third-order valence-electron chi connectivity index (χ3n) is 4.41. The summed E-state index contributed by atoms with van der Waals surface area (Å²) in [5, 5.41) is 3.68. The quantitative estimate of drug-likeness (QED) is 0.878. The highest BCUT2D eigenvalue weighted by Gasteiger charge is 2.29. The molecule has 1 N–H and O–H groups in total. The molecule has 1 unspecified atom stereocenters. The Morgan fingerprint density at radius 3 is 2.05 bits per heavy atom. The summed E-state index contributed by atoms with van der Waals surface area (Å²) in [5.74, 6) is 0. The Labute approximate surface area is 124 Å². The summed E-state index contributed by atoms with van der Waals surface area (Å²) < 4.78 is 0. The predicted octanol–water partition coefficient (Wildman–Crippen LogP) is 3.81. The van der Waals surface area contributed by atoms with Crippen molar-refractivity contribution in [1.29, 1.82) is 0 Å². The molecular formula is C18H30N2. The molecule has 0 fully saturated rings. The lowest BCUT2D eigenvalue weighted by Crippen LogP contribution is -2.46. The van der Waals surface area contributed by atoms with Crippen molar-refractivity contribution in [1.82, 2.24) is 10.2 Å². The summed E-state index contributed by atoms with van der Waals surface area (Å²) in [4.78, 5) is 2.60. The highest BCUT2D eigenvalue weighted by Crippen LogP contribution is 2.29. The number of benzene rings is 1. The minimum atomic E-state index is 0.199. The van der Waals surface area contributed by atoms with Gasteiger partial charge in [-0.2, -0.15) is 0 Å². The van der Waals surface area contributed by atoms with Crippen molar-refractivity contribution >= 4 is 0 Å². The lowest BCUT2D eigenvalue weighted by Gasteiger charge is -2.36. The molecular weight excluding hydrogens is 244 g/mol. The largest absolute Gasteiger partial charge is 0.311 e. The molecule has 0 aliphatic carbocycles. The monoisotopic (exact) mass is 274 g/mol. The Morgan fingerprint density at radius 2 is 1.60 bits per heavy atom. The fraction of sp³-hybridized carbons (Fsp3) is 0.667. The van der Waals surface area contributed by atoms with E-state index >= 15 is 0 Å². The summed E-state index contributed by atoms with van der Waals surface area (Å²) in [7, 11) is 0. The maximum Gasteiger partial charge on any atom is 0.0240 e. The van der Waals surface area contributed by atoms with Crippen molar-refractivity contribution in [2.24, 2.45) is 5.41 Å².